The molecule has 1 aliphatic heterocycles. The van der Waals surface area contributed by atoms with E-state index in [-0.39, 0.29) is 17.4 Å². The first-order valence-corrected chi connectivity index (χ1v) is 7.07. The fourth-order valence-corrected chi connectivity index (χ4v) is 2.29. The number of nitrogen functional groups attached to an aromatic ring is 1. The van der Waals surface area contributed by atoms with Crippen LogP contribution in [0.1, 0.15) is 55.6 Å². The summed E-state index contributed by atoms with van der Waals surface area (Å²) in [7, 11) is 0. The third-order valence-electron chi connectivity index (χ3n) is 3.73. The number of anilines is 1. The van der Waals surface area contributed by atoms with Crippen molar-refractivity contribution in [2.75, 3.05) is 18.9 Å². The zero-order chi connectivity index (χ0) is 14.8. The van der Waals surface area contributed by atoms with Crippen molar-refractivity contribution in [3.8, 4) is 0 Å². The molecule has 0 bridgehead atoms. The molecule has 110 valence electrons. The highest BCUT2D eigenvalue weighted by molar-refractivity contribution is 5.95. The van der Waals surface area contributed by atoms with Crippen LogP contribution in [0.25, 0.3) is 0 Å². The van der Waals surface area contributed by atoms with Crippen LogP contribution in [0.3, 0.4) is 0 Å². The molecule has 1 saturated heterocycles. The predicted octanol–water partition coefficient (Wildman–Crippen LogP) is 2.09. The molecule has 2 heterocycles. The molecule has 1 aromatic heterocycles. The Kier molecular flexibility index (Phi) is 4.28. The molecule has 0 aliphatic carbocycles. The molecular formula is C15H23N3O2. The largest absolute Gasteiger partial charge is 0.384 e. The average Bonchev–Trinajstić information content (AvgIpc) is 2.38. The van der Waals surface area contributed by atoms with Crippen molar-refractivity contribution in [2.45, 2.75) is 45.1 Å². The van der Waals surface area contributed by atoms with E-state index < -0.39 is 0 Å². The number of rotatable bonds is 3. The summed E-state index contributed by atoms with van der Waals surface area (Å²) in [6, 6.07) is 3.45. The monoisotopic (exact) mass is 277 g/mol. The second-order valence-corrected chi connectivity index (χ2v) is 5.99. The van der Waals surface area contributed by atoms with E-state index in [2.05, 4.69) is 17.2 Å². The van der Waals surface area contributed by atoms with Gasteiger partial charge in [-0.1, -0.05) is 13.8 Å². The van der Waals surface area contributed by atoms with Gasteiger partial charge in [0.25, 0.3) is 5.91 Å². The first-order valence-electron chi connectivity index (χ1n) is 7.07. The Bertz CT molecular complexity index is 494. The topological polar surface area (TPSA) is 77.2 Å². The maximum absolute atomic E-state index is 12.4. The van der Waals surface area contributed by atoms with E-state index in [1.807, 2.05) is 19.9 Å². The van der Waals surface area contributed by atoms with Crippen LogP contribution >= 0.6 is 0 Å². The van der Waals surface area contributed by atoms with Crippen molar-refractivity contribution >= 4 is 11.7 Å². The number of carbonyl (C=O) groups excluding carboxylic acids is 1. The Morgan fingerprint density at radius 1 is 1.40 bits per heavy atom. The average molecular weight is 277 g/mol. The van der Waals surface area contributed by atoms with Gasteiger partial charge in [0.1, 0.15) is 5.82 Å². The third kappa shape index (κ3) is 3.48. The summed E-state index contributed by atoms with van der Waals surface area (Å²) in [5.74, 6) is 0.535. The van der Waals surface area contributed by atoms with Gasteiger partial charge in [-0.25, -0.2) is 4.98 Å². The third-order valence-corrected chi connectivity index (χ3v) is 3.73. The second-order valence-electron chi connectivity index (χ2n) is 5.99. The van der Waals surface area contributed by atoms with Gasteiger partial charge in [-0.2, -0.15) is 0 Å². The van der Waals surface area contributed by atoms with Crippen molar-refractivity contribution in [3.05, 3.63) is 23.4 Å². The molecule has 5 heteroatoms. The number of hydrogen-bond donors (Lipinski definition) is 2. The normalized spacial score (nSPS) is 18.0. The number of hydrogen-bond acceptors (Lipinski definition) is 4. The van der Waals surface area contributed by atoms with Crippen LogP contribution in [0, 0.1) is 0 Å². The lowest BCUT2D eigenvalue weighted by Gasteiger charge is -2.34. The first kappa shape index (κ1) is 14.8. The van der Waals surface area contributed by atoms with Crippen LogP contribution < -0.4 is 11.1 Å². The standard InChI is InChI=1S/C15H23N3O2/c1-10(2)12-8-11(9-13(16)17-12)14(19)18-15(3)4-6-20-7-5-15/h8-10H,4-7H2,1-3H3,(H2,16,17)(H,18,19). The SMILES string of the molecule is CC(C)c1cc(C(=O)NC2(C)CCOCC2)cc(N)n1. The molecule has 0 spiro atoms. The van der Waals surface area contributed by atoms with E-state index in [1.165, 1.54) is 0 Å². The zero-order valence-electron chi connectivity index (χ0n) is 12.4. The van der Waals surface area contributed by atoms with Crippen LogP contribution in [0.4, 0.5) is 5.82 Å². The van der Waals surface area contributed by atoms with E-state index in [0.29, 0.717) is 24.6 Å². The molecule has 1 aromatic rings. The lowest BCUT2D eigenvalue weighted by molar-refractivity contribution is 0.0423. The second kappa shape index (κ2) is 5.79. The lowest BCUT2D eigenvalue weighted by atomic mass is 9.92. The number of pyridine rings is 1. The summed E-state index contributed by atoms with van der Waals surface area (Å²) in [5.41, 5.74) is 7.00. The summed E-state index contributed by atoms with van der Waals surface area (Å²) >= 11 is 0. The smallest absolute Gasteiger partial charge is 0.251 e. The molecule has 20 heavy (non-hydrogen) atoms. The predicted molar refractivity (Wildman–Crippen MR) is 78.7 cm³/mol. The van der Waals surface area contributed by atoms with E-state index >= 15 is 0 Å². The van der Waals surface area contributed by atoms with Crippen LogP contribution in [0.5, 0.6) is 0 Å². The van der Waals surface area contributed by atoms with Crippen molar-refractivity contribution in [1.29, 1.82) is 0 Å². The summed E-state index contributed by atoms with van der Waals surface area (Å²) < 4.78 is 5.34. The highest BCUT2D eigenvalue weighted by Crippen LogP contribution is 2.21. The van der Waals surface area contributed by atoms with Gasteiger partial charge in [-0.15, -0.1) is 0 Å². The molecule has 1 aliphatic rings. The number of carbonyl (C=O) groups is 1. The van der Waals surface area contributed by atoms with E-state index in [9.17, 15) is 4.79 Å². The Balaban J connectivity index is 2.16. The Morgan fingerprint density at radius 2 is 2.05 bits per heavy atom. The Morgan fingerprint density at radius 3 is 2.65 bits per heavy atom. The molecule has 5 nitrogen and oxygen atoms in total. The number of nitrogens with two attached hydrogens (primary N) is 1. The van der Waals surface area contributed by atoms with Gasteiger partial charge in [0.05, 0.1) is 0 Å². The fourth-order valence-electron chi connectivity index (χ4n) is 2.29. The molecule has 1 amide bonds. The van der Waals surface area contributed by atoms with E-state index in [4.69, 9.17) is 10.5 Å². The molecular weight excluding hydrogens is 254 g/mol. The minimum Gasteiger partial charge on any atom is -0.384 e. The van der Waals surface area contributed by atoms with Gasteiger partial charge in [0.15, 0.2) is 0 Å². The van der Waals surface area contributed by atoms with Gasteiger partial charge in [-0.05, 0) is 37.8 Å². The number of aromatic nitrogens is 1. The maximum atomic E-state index is 12.4. The Labute approximate surface area is 119 Å². The molecule has 0 unspecified atom stereocenters. The number of amides is 1. The van der Waals surface area contributed by atoms with Crippen molar-refractivity contribution in [2.24, 2.45) is 0 Å². The number of nitrogens with one attached hydrogen (secondary N) is 1. The molecule has 1 fully saturated rings. The summed E-state index contributed by atoms with van der Waals surface area (Å²) in [5, 5.41) is 3.10. The van der Waals surface area contributed by atoms with Gasteiger partial charge in [-0.3, -0.25) is 4.79 Å². The van der Waals surface area contributed by atoms with Gasteiger partial charge < -0.3 is 15.8 Å². The minimum atomic E-state index is -0.203. The summed E-state index contributed by atoms with van der Waals surface area (Å²) in [6.07, 6.45) is 1.66. The lowest BCUT2D eigenvalue weighted by Crippen LogP contribution is -2.49. The van der Waals surface area contributed by atoms with Crippen LogP contribution in [0.15, 0.2) is 12.1 Å². The van der Waals surface area contributed by atoms with Crippen LogP contribution in [0.2, 0.25) is 0 Å². The Hall–Kier alpha value is -1.62. The molecule has 3 N–H and O–H groups in total. The quantitative estimate of drug-likeness (QED) is 0.887. The number of nitrogens with zero attached hydrogens (tertiary/aromatic N) is 1. The molecule has 0 radical (unpaired) electrons. The fraction of sp³-hybridized carbons (Fsp3) is 0.600. The van der Waals surface area contributed by atoms with E-state index in [0.717, 1.165) is 18.5 Å². The highest BCUT2D eigenvalue weighted by atomic mass is 16.5. The molecule has 2 rings (SSSR count). The van der Waals surface area contributed by atoms with Crippen molar-refractivity contribution in [3.63, 3.8) is 0 Å². The first-order chi connectivity index (χ1) is 9.39. The van der Waals surface area contributed by atoms with Gasteiger partial charge in [0, 0.05) is 30.0 Å². The van der Waals surface area contributed by atoms with E-state index in [1.54, 1.807) is 6.07 Å². The van der Waals surface area contributed by atoms with Gasteiger partial charge in [0.2, 0.25) is 0 Å². The highest BCUT2D eigenvalue weighted by Gasteiger charge is 2.29. The zero-order valence-corrected chi connectivity index (χ0v) is 12.4. The molecule has 0 saturated carbocycles. The minimum absolute atomic E-state index is 0.0922. The summed E-state index contributed by atoms with van der Waals surface area (Å²) in [4.78, 5) is 16.7. The van der Waals surface area contributed by atoms with Crippen LogP contribution in [-0.2, 0) is 4.74 Å². The van der Waals surface area contributed by atoms with Gasteiger partial charge >= 0.3 is 0 Å². The van der Waals surface area contributed by atoms with Crippen molar-refractivity contribution in [1.82, 2.24) is 10.3 Å². The van der Waals surface area contributed by atoms with Crippen LogP contribution in [-0.4, -0.2) is 29.6 Å². The van der Waals surface area contributed by atoms with Crippen molar-refractivity contribution < 1.29 is 9.53 Å². The number of ether oxygens (including phenoxy) is 1. The molecule has 0 atom stereocenters. The maximum Gasteiger partial charge on any atom is 0.251 e. The molecule has 0 aromatic carbocycles. The summed E-state index contributed by atoms with van der Waals surface area (Å²) in [6.45, 7) is 7.49.